The molecular formula is C8H11F3N4O. The van der Waals surface area contributed by atoms with E-state index in [0.717, 1.165) is 6.33 Å². The Morgan fingerprint density at radius 1 is 1.44 bits per heavy atom. The van der Waals surface area contributed by atoms with Crippen LogP contribution in [0.5, 0.6) is 5.88 Å². The van der Waals surface area contributed by atoms with E-state index in [1.807, 2.05) is 0 Å². The highest BCUT2D eigenvalue weighted by Crippen LogP contribution is 2.24. The SMILES string of the molecule is CCc1c(NN)ncnc1OCC(F)(F)F. The summed E-state index contributed by atoms with van der Waals surface area (Å²) in [6, 6.07) is 0. The monoisotopic (exact) mass is 236 g/mol. The van der Waals surface area contributed by atoms with Crippen LogP contribution < -0.4 is 16.0 Å². The van der Waals surface area contributed by atoms with Crippen molar-refractivity contribution in [1.82, 2.24) is 9.97 Å². The number of nitrogens with two attached hydrogens (primary N) is 1. The van der Waals surface area contributed by atoms with Crippen LogP contribution in [-0.4, -0.2) is 22.8 Å². The molecule has 1 aromatic heterocycles. The molecule has 0 aliphatic carbocycles. The first kappa shape index (κ1) is 12.5. The first-order valence-electron chi connectivity index (χ1n) is 4.48. The lowest BCUT2D eigenvalue weighted by molar-refractivity contribution is -0.154. The Bertz CT molecular complexity index is 356. The van der Waals surface area contributed by atoms with Gasteiger partial charge in [-0.2, -0.15) is 13.2 Å². The van der Waals surface area contributed by atoms with E-state index >= 15 is 0 Å². The van der Waals surface area contributed by atoms with Gasteiger partial charge < -0.3 is 10.2 Å². The fraction of sp³-hybridized carbons (Fsp3) is 0.500. The van der Waals surface area contributed by atoms with E-state index in [9.17, 15) is 13.2 Å². The number of nitrogen functional groups attached to an aromatic ring is 1. The van der Waals surface area contributed by atoms with E-state index in [1.54, 1.807) is 6.92 Å². The zero-order valence-electron chi connectivity index (χ0n) is 8.51. The average Bonchev–Trinajstić information content (AvgIpc) is 2.24. The van der Waals surface area contributed by atoms with Gasteiger partial charge in [-0.1, -0.05) is 6.92 Å². The molecule has 0 saturated heterocycles. The lowest BCUT2D eigenvalue weighted by atomic mass is 10.2. The molecule has 0 aliphatic heterocycles. The van der Waals surface area contributed by atoms with Crippen LogP contribution in [0, 0.1) is 0 Å². The van der Waals surface area contributed by atoms with Crippen molar-refractivity contribution in [3.63, 3.8) is 0 Å². The highest BCUT2D eigenvalue weighted by molar-refractivity contribution is 5.47. The Hall–Kier alpha value is -1.57. The number of alkyl halides is 3. The Morgan fingerprint density at radius 3 is 2.62 bits per heavy atom. The first-order valence-corrected chi connectivity index (χ1v) is 4.48. The van der Waals surface area contributed by atoms with Crippen LogP contribution in [0.3, 0.4) is 0 Å². The maximum Gasteiger partial charge on any atom is 0.422 e. The van der Waals surface area contributed by atoms with Gasteiger partial charge in [0.2, 0.25) is 5.88 Å². The topological polar surface area (TPSA) is 73.1 Å². The molecule has 0 atom stereocenters. The van der Waals surface area contributed by atoms with Gasteiger partial charge in [0, 0.05) is 0 Å². The molecule has 90 valence electrons. The van der Waals surface area contributed by atoms with Crippen molar-refractivity contribution in [2.24, 2.45) is 5.84 Å². The maximum atomic E-state index is 12.0. The quantitative estimate of drug-likeness (QED) is 0.608. The van der Waals surface area contributed by atoms with Gasteiger partial charge in [0.05, 0.1) is 5.56 Å². The van der Waals surface area contributed by atoms with Gasteiger partial charge >= 0.3 is 6.18 Å². The molecule has 0 bridgehead atoms. The van der Waals surface area contributed by atoms with Gasteiger partial charge in [0.25, 0.3) is 0 Å². The minimum Gasteiger partial charge on any atom is -0.468 e. The van der Waals surface area contributed by atoms with E-state index in [-0.39, 0.29) is 11.7 Å². The zero-order chi connectivity index (χ0) is 12.2. The van der Waals surface area contributed by atoms with E-state index in [2.05, 4.69) is 20.1 Å². The van der Waals surface area contributed by atoms with Crippen LogP contribution in [0.4, 0.5) is 19.0 Å². The van der Waals surface area contributed by atoms with E-state index in [1.165, 1.54) is 0 Å². The van der Waals surface area contributed by atoms with Crippen LogP contribution in [-0.2, 0) is 6.42 Å². The summed E-state index contributed by atoms with van der Waals surface area (Å²) in [7, 11) is 0. The third kappa shape index (κ3) is 3.23. The van der Waals surface area contributed by atoms with E-state index in [0.29, 0.717) is 12.0 Å². The van der Waals surface area contributed by atoms with Crippen molar-refractivity contribution in [3.05, 3.63) is 11.9 Å². The van der Waals surface area contributed by atoms with Gasteiger partial charge in [-0.25, -0.2) is 15.8 Å². The molecule has 5 nitrogen and oxygen atoms in total. The Kier molecular flexibility index (Phi) is 3.88. The normalized spacial score (nSPS) is 11.3. The number of rotatable bonds is 4. The smallest absolute Gasteiger partial charge is 0.422 e. The summed E-state index contributed by atoms with van der Waals surface area (Å²) >= 11 is 0. The number of hydrazine groups is 1. The summed E-state index contributed by atoms with van der Waals surface area (Å²) in [6.07, 6.45) is -2.90. The third-order valence-corrected chi connectivity index (χ3v) is 1.77. The number of nitrogens with one attached hydrogen (secondary N) is 1. The molecule has 1 aromatic rings. The Balaban J connectivity index is 2.87. The van der Waals surface area contributed by atoms with Gasteiger partial charge in [-0.15, -0.1) is 0 Å². The second kappa shape index (κ2) is 4.97. The maximum absolute atomic E-state index is 12.0. The van der Waals surface area contributed by atoms with Crippen LogP contribution in [0.15, 0.2) is 6.33 Å². The molecule has 0 amide bonds. The molecular weight excluding hydrogens is 225 g/mol. The molecule has 1 heterocycles. The van der Waals surface area contributed by atoms with Crippen LogP contribution in [0.25, 0.3) is 0 Å². The second-order valence-corrected chi connectivity index (χ2v) is 2.91. The summed E-state index contributed by atoms with van der Waals surface area (Å²) in [6.45, 7) is 0.348. The highest BCUT2D eigenvalue weighted by atomic mass is 19.4. The standard InChI is InChI=1S/C8H11F3N4O/c1-2-5-6(15-12)13-4-14-7(5)16-3-8(9,10)11/h4H,2-3,12H2,1H3,(H,13,14,15). The van der Waals surface area contributed by atoms with Crippen molar-refractivity contribution in [2.45, 2.75) is 19.5 Å². The summed E-state index contributed by atoms with van der Waals surface area (Å²) in [5.74, 6) is 5.31. The molecule has 1 rings (SSSR count). The summed E-state index contributed by atoms with van der Waals surface area (Å²) < 4.78 is 40.4. The molecule has 0 spiro atoms. The number of anilines is 1. The Morgan fingerprint density at radius 2 is 2.12 bits per heavy atom. The lowest BCUT2D eigenvalue weighted by Gasteiger charge is -2.12. The van der Waals surface area contributed by atoms with Crippen molar-refractivity contribution in [2.75, 3.05) is 12.0 Å². The zero-order valence-corrected chi connectivity index (χ0v) is 8.51. The van der Waals surface area contributed by atoms with Crippen molar-refractivity contribution < 1.29 is 17.9 Å². The predicted octanol–water partition coefficient (Wildman–Crippen LogP) is 1.27. The van der Waals surface area contributed by atoms with Gasteiger partial charge in [-0.3, -0.25) is 0 Å². The molecule has 0 aliphatic rings. The van der Waals surface area contributed by atoms with Crippen LogP contribution >= 0.6 is 0 Å². The number of hydrogen-bond acceptors (Lipinski definition) is 5. The third-order valence-electron chi connectivity index (χ3n) is 1.77. The summed E-state index contributed by atoms with van der Waals surface area (Å²) in [5, 5.41) is 0. The van der Waals surface area contributed by atoms with E-state index < -0.39 is 12.8 Å². The number of ether oxygens (including phenoxy) is 1. The van der Waals surface area contributed by atoms with Crippen molar-refractivity contribution in [3.8, 4) is 5.88 Å². The minimum absolute atomic E-state index is 0.109. The van der Waals surface area contributed by atoms with E-state index in [4.69, 9.17) is 5.84 Å². The average molecular weight is 236 g/mol. The van der Waals surface area contributed by atoms with Gasteiger partial charge in [0.1, 0.15) is 12.1 Å². The fourth-order valence-electron chi connectivity index (χ4n) is 1.11. The number of nitrogens with zero attached hydrogens (tertiary/aromatic N) is 2. The lowest BCUT2D eigenvalue weighted by Crippen LogP contribution is -2.21. The predicted molar refractivity (Wildman–Crippen MR) is 50.8 cm³/mol. The number of hydrogen-bond donors (Lipinski definition) is 2. The minimum atomic E-state index is -4.40. The fourth-order valence-corrected chi connectivity index (χ4v) is 1.11. The molecule has 0 fully saturated rings. The van der Waals surface area contributed by atoms with Crippen LogP contribution in [0.1, 0.15) is 12.5 Å². The largest absolute Gasteiger partial charge is 0.468 e. The van der Waals surface area contributed by atoms with Crippen molar-refractivity contribution >= 4 is 5.82 Å². The summed E-state index contributed by atoms with van der Waals surface area (Å²) in [5.41, 5.74) is 2.68. The Labute approximate surface area is 89.8 Å². The highest BCUT2D eigenvalue weighted by Gasteiger charge is 2.29. The van der Waals surface area contributed by atoms with Crippen LogP contribution in [0.2, 0.25) is 0 Å². The number of halogens is 3. The molecule has 0 radical (unpaired) electrons. The molecule has 0 unspecified atom stereocenters. The van der Waals surface area contributed by atoms with Gasteiger partial charge in [0.15, 0.2) is 6.61 Å². The van der Waals surface area contributed by atoms with Crippen molar-refractivity contribution in [1.29, 1.82) is 0 Å². The molecule has 8 heteroatoms. The molecule has 0 aromatic carbocycles. The molecule has 0 saturated carbocycles. The first-order chi connectivity index (χ1) is 7.48. The summed E-state index contributed by atoms with van der Waals surface area (Å²) in [4.78, 5) is 7.40. The molecule has 3 N–H and O–H groups in total. The van der Waals surface area contributed by atoms with Gasteiger partial charge in [-0.05, 0) is 6.42 Å². The second-order valence-electron chi connectivity index (χ2n) is 2.91. The number of aromatic nitrogens is 2. The molecule has 16 heavy (non-hydrogen) atoms.